The Labute approximate surface area is 117 Å². The number of nitrogens with one attached hydrogen (secondary N) is 2. The maximum Gasteiger partial charge on any atom is 0.341 e. The van der Waals surface area contributed by atoms with Crippen LogP contribution in [0.2, 0.25) is 0 Å². The van der Waals surface area contributed by atoms with Gasteiger partial charge in [0.1, 0.15) is 0 Å². The van der Waals surface area contributed by atoms with Crippen LogP contribution >= 0.6 is 0 Å². The maximum atomic E-state index is 11.9. The van der Waals surface area contributed by atoms with Crippen LogP contribution in [-0.4, -0.2) is 59.7 Å². The molecular weight excluding hydrogens is 260 g/mol. The third-order valence-electron chi connectivity index (χ3n) is 3.18. The lowest BCUT2D eigenvalue weighted by Gasteiger charge is -2.33. The van der Waals surface area contributed by atoms with Gasteiger partial charge in [-0.3, -0.25) is 14.9 Å². The molecule has 0 atom stereocenters. The fraction of sp³-hybridized carbons (Fsp3) is 0.385. The number of benzene rings is 1. The smallest absolute Gasteiger partial charge is 0.325 e. The van der Waals surface area contributed by atoms with E-state index >= 15 is 0 Å². The zero-order valence-corrected chi connectivity index (χ0v) is 11.1. The quantitative estimate of drug-likeness (QED) is 0.550. The molecule has 2 rings (SSSR count). The second-order valence-electron chi connectivity index (χ2n) is 4.59. The first kappa shape index (κ1) is 14.3. The molecule has 3 amide bonds. The Bertz CT molecular complexity index is 458. The standard InChI is InChI=1S/C13H18N4O3/c18-12(14-11-4-2-1-3-5-11)10-16-6-8-17(9-7-16)13(19)15-20/h1-5,20H,6-10H2,(H,14,18)(H,15,19). The van der Waals surface area contributed by atoms with Gasteiger partial charge in [-0.15, -0.1) is 0 Å². The van der Waals surface area contributed by atoms with Crippen molar-refractivity contribution < 1.29 is 14.8 Å². The van der Waals surface area contributed by atoms with Crippen molar-refractivity contribution in [2.75, 3.05) is 38.0 Å². The molecule has 0 unspecified atom stereocenters. The van der Waals surface area contributed by atoms with E-state index in [1.54, 1.807) is 5.48 Å². The van der Waals surface area contributed by atoms with E-state index in [1.807, 2.05) is 35.2 Å². The van der Waals surface area contributed by atoms with Crippen molar-refractivity contribution >= 4 is 17.6 Å². The molecule has 0 bridgehead atoms. The number of hydrogen-bond acceptors (Lipinski definition) is 4. The molecular formula is C13H18N4O3. The zero-order chi connectivity index (χ0) is 14.4. The van der Waals surface area contributed by atoms with Crippen molar-refractivity contribution in [1.82, 2.24) is 15.3 Å². The Morgan fingerprint density at radius 3 is 2.35 bits per heavy atom. The molecule has 1 saturated heterocycles. The van der Waals surface area contributed by atoms with Crippen molar-refractivity contribution in [3.05, 3.63) is 30.3 Å². The lowest BCUT2D eigenvalue weighted by molar-refractivity contribution is -0.117. The van der Waals surface area contributed by atoms with E-state index in [-0.39, 0.29) is 5.91 Å². The normalized spacial score (nSPS) is 15.8. The predicted molar refractivity (Wildman–Crippen MR) is 73.4 cm³/mol. The van der Waals surface area contributed by atoms with E-state index < -0.39 is 6.03 Å². The molecule has 7 nitrogen and oxygen atoms in total. The number of rotatable bonds is 3. The summed E-state index contributed by atoms with van der Waals surface area (Å²) < 4.78 is 0. The van der Waals surface area contributed by atoms with Gasteiger partial charge in [-0.05, 0) is 12.1 Å². The number of anilines is 1. The van der Waals surface area contributed by atoms with Crippen LogP contribution < -0.4 is 10.8 Å². The first-order valence-corrected chi connectivity index (χ1v) is 6.45. The number of urea groups is 1. The summed E-state index contributed by atoms with van der Waals surface area (Å²) in [5.74, 6) is -0.0729. The Balaban J connectivity index is 1.75. The number of carbonyl (C=O) groups excluding carboxylic acids is 2. The summed E-state index contributed by atoms with van der Waals surface area (Å²) in [5, 5.41) is 11.4. The fourth-order valence-electron chi connectivity index (χ4n) is 2.10. The third kappa shape index (κ3) is 3.94. The molecule has 1 aromatic carbocycles. The Hall–Kier alpha value is -2.12. The third-order valence-corrected chi connectivity index (χ3v) is 3.18. The van der Waals surface area contributed by atoms with Crippen LogP contribution in [0.5, 0.6) is 0 Å². The van der Waals surface area contributed by atoms with Gasteiger partial charge in [0, 0.05) is 31.9 Å². The number of hydroxylamine groups is 1. The minimum absolute atomic E-state index is 0.0729. The number of piperazine rings is 1. The largest absolute Gasteiger partial charge is 0.341 e. The van der Waals surface area contributed by atoms with Gasteiger partial charge >= 0.3 is 6.03 Å². The Morgan fingerprint density at radius 2 is 1.75 bits per heavy atom. The monoisotopic (exact) mass is 278 g/mol. The molecule has 0 spiro atoms. The van der Waals surface area contributed by atoms with E-state index in [4.69, 9.17) is 5.21 Å². The van der Waals surface area contributed by atoms with Crippen LogP contribution in [0.25, 0.3) is 0 Å². The van der Waals surface area contributed by atoms with Crippen LogP contribution in [0.15, 0.2) is 30.3 Å². The van der Waals surface area contributed by atoms with Crippen molar-refractivity contribution in [3.63, 3.8) is 0 Å². The first-order chi connectivity index (χ1) is 9.69. The number of para-hydroxylation sites is 1. The molecule has 3 N–H and O–H groups in total. The molecule has 1 fully saturated rings. The van der Waals surface area contributed by atoms with Gasteiger partial charge in [-0.1, -0.05) is 18.2 Å². The molecule has 0 aliphatic carbocycles. The van der Waals surface area contributed by atoms with Crippen LogP contribution in [0.1, 0.15) is 0 Å². The summed E-state index contributed by atoms with van der Waals surface area (Å²) in [4.78, 5) is 26.5. The van der Waals surface area contributed by atoms with Crippen molar-refractivity contribution in [2.45, 2.75) is 0 Å². The minimum Gasteiger partial charge on any atom is -0.325 e. The Morgan fingerprint density at radius 1 is 1.10 bits per heavy atom. The van der Waals surface area contributed by atoms with Crippen LogP contribution in [0.3, 0.4) is 0 Å². The number of hydrogen-bond donors (Lipinski definition) is 3. The van der Waals surface area contributed by atoms with Gasteiger partial charge < -0.3 is 10.2 Å². The molecule has 1 heterocycles. The highest BCUT2D eigenvalue weighted by Gasteiger charge is 2.21. The van der Waals surface area contributed by atoms with E-state index in [1.165, 1.54) is 4.90 Å². The topological polar surface area (TPSA) is 84.9 Å². The van der Waals surface area contributed by atoms with Crippen LogP contribution in [-0.2, 0) is 4.79 Å². The second-order valence-corrected chi connectivity index (χ2v) is 4.59. The molecule has 1 aliphatic rings. The number of carbonyl (C=O) groups is 2. The second kappa shape index (κ2) is 6.88. The van der Waals surface area contributed by atoms with Crippen LogP contribution in [0.4, 0.5) is 10.5 Å². The highest BCUT2D eigenvalue weighted by molar-refractivity contribution is 5.92. The minimum atomic E-state index is -0.501. The Kier molecular flexibility index (Phi) is 4.91. The van der Waals surface area contributed by atoms with Gasteiger partial charge in [-0.2, -0.15) is 0 Å². The molecule has 1 aromatic rings. The van der Waals surface area contributed by atoms with Gasteiger partial charge in [0.15, 0.2) is 0 Å². The van der Waals surface area contributed by atoms with Gasteiger partial charge in [0.2, 0.25) is 5.91 Å². The number of nitrogens with zero attached hydrogens (tertiary/aromatic N) is 2. The molecule has 20 heavy (non-hydrogen) atoms. The van der Waals surface area contributed by atoms with Gasteiger partial charge in [0.05, 0.1) is 6.54 Å². The average Bonchev–Trinajstić information content (AvgIpc) is 2.48. The van der Waals surface area contributed by atoms with E-state index in [9.17, 15) is 9.59 Å². The maximum absolute atomic E-state index is 11.9. The molecule has 108 valence electrons. The average molecular weight is 278 g/mol. The predicted octanol–water partition coefficient (Wildman–Crippen LogP) is 0.342. The van der Waals surface area contributed by atoms with E-state index in [0.29, 0.717) is 32.7 Å². The van der Waals surface area contributed by atoms with E-state index in [0.717, 1.165) is 5.69 Å². The van der Waals surface area contributed by atoms with Crippen molar-refractivity contribution in [1.29, 1.82) is 0 Å². The fourth-order valence-corrected chi connectivity index (χ4v) is 2.10. The highest BCUT2D eigenvalue weighted by Crippen LogP contribution is 2.06. The first-order valence-electron chi connectivity index (χ1n) is 6.45. The summed E-state index contributed by atoms with van der Waals surface area (Å²) in [7, 11) is 0. The lowest BCUT2D eigenvalue weighted by atomic mass is 10.3. The summed E-state index contributed by atoms with van der Waals surface area (Å²) >= 11 is 0. The summed E-state index contributed by atoms with van der Waals surface area (Å²) in [6, 6.07) is 8.78. The van der Waals surface area contributed by atoms with Crippen LogP contribution in [0, 0.1) is 0 Å². The molecule has 0 saturated carbocycles. The molecule has 0 aromatic heterocycles. The summed E-state index contributed by atoms with van der Waals surface area (Å²) in [6.45, 7) is 2.49. The highest BCUT2D eigenvalue weighted by atomic mass is 16.5. The SMILES string of the molecule is O=C(CN1CCN(C(=O)NO)CC1)Nc1ccccc1. The van der Waals surface area contributed by atoms with Gasteiger partial charge in [0.25, 0.3) is 0 Å². The van der Waals surface area contributed by atoms with Gasteiger partial charge in [-0.25, -0.2) is 10.3 Å². The number of amides is 3. The summed E-state index contributed by atoms with van der Waals surface area (Å²) in [6.07, 6.45) is 0. The van der Waals surface area contributed by atoms with Crippen molar-refractivity contribution in [2.24, 2.45) is 0 Å². The summed E-state index contributed by atoms with van der Waals surface area (Å²) in [5.41, 5.74) is 2.39. The van der Waals surface area contributed by atoms with E-state index in [2.05, 4.69) is 5.32 Å². The molecule has 7 heteroatoms. The molecule has 1 aliphatic heterocycles. The molecule has 0 radical (unpaired) electrons. The lowest BCUT2D eigenvalue weighted by Crippen LogP contribution is -2.52. The zero-order valence-electron chi connectivity index (χ0n) is 11.1. The van der Waals surface area contributed by atoms with Crippen molar-refractivity contribution in [3.8, 4) is 0 Å².